The van der Waals surface area contributed by atoms with Crippen molar-refractivity contribution in [1.29, 1.82) is 0 Å². The van der Waals surface area contributed by atoms with E-state index in [-0.39, 0.29) is 0 Å². The third kappa shape index (κ3) is 3.51. The summed E-state index contributed by atoms with van der Waals surface area (Å²) >= 11 is 0. The van der Waals surface area contributed by atoms with Crippen LogP contribution in [0, 0.1) is 6.92 Å². The van der Waals surface area contributed by atoms with Gasteiger partial charge in [-0.3, -0.25) is 9.20 Å². The number of nitrogens with one attached hydrogen (secondary N) is 2. The van der Waals surface area contributed by atoms with Crippen molar-refractivity contribution in [3.63, 3.8) is 0 Å². The highest BCUT2D eigenvalue weighted by atomic mass is 16.1. The first-order valence-electron chi connectivity index (χ1n) is 10.3. The normalized spacial score (nSPS) is 13.2. The number of imidazole rings is 1. The Morgan fingerprint density at radius 3 is 2.81 bits per heavy atom. The molecule has 0 atom stereocenters. The number of hydrogen-bond donors (Lipinski definition) is 3. The van der Waals surface area contributed by atoms with E-state index < -0.39 is 5.91 Å². The van der Waals surface area contributed by atoms with Crippen molar-refractivity contribution in [2.24, 2.45) is 5.73 Å². The minimum Gasteiger partial charge on any atom is -0.366 e. The van der Waals surface area contributed by atoms with Crippen molar-refractivity contribution < 1.29 is 4.79 Å². The van der Waals surface area contributed by atoms with Gasteiger partial charge in [0, 0.05) is 37.8 Å². The van der Waals surface area contributed by atoms with Crippen LogP contribution in [0.15, 0.2) is 48.7 Å². The first-order chi connectivity index (χ1) is 15.1. The number of fused-ring (bicyclic) bond motifs is 2. The summed E-state index contributed by atoms with van der Waals surface area (Å²) in [7, 11) is 0. The van der Waals surface area contributed by atoms with Crippen molar-refractivity contribution >= 4 is 17.4 Å². The van der Waals surface area contributed by atoms with Gasteiger partial charge in [0.15, 0.2) is 5.82 Å². The standard InChI is InChI=1S/C23H23N7O/c1-14-19(30-11-5-8-16(20(24)31)23(30)27-14)22-28-18-9-10-25-13-17(18)21(29-22)26-12-15-6-3-2-4-7-15/h2-8,11,25H,9-10,12-13H2,1H3,(H2,24,31)(H,26,28,29). The highest BCUT2D eigenvalue weighted by Gasteiger charge is 2.22. The van der Waals surface area contributed by atoms with Crippen molar-refractivity contribution in [2.75, 3.05) is 11.9 Å². The first kappa shape index (κ1) is 19.2. The summed E-state index contributed by atoms with van der Waals surface area (Å²) in [5, 5.41) is 6.90. The van der Waals surface area contributed by atoms with Crippen LogP contribution >= 0.6 is 0 Å². The summed E-state index contributed by atoms with van der Waals surface area (Å²) in [5.41, 5.74) is 11.3. The molecule has 4 heterocycles. The lowest BCUT2D eigenvalue weighted by Crippen LogP contribution is -2.26. The van der Waals surface area contributed by atoms with Crippen LogP contribution in [-0.2, 0) is 19.5 Å². The summed E-state index contributed by atoms with van der Waals surface area (Å²) in [4.78, 5) is 26.2. The number of rotatable bonds is 5. The van der Waals surface area contributed by atoms with Gasteiger partial charge in [-0.25, -0.2) is 15.0 Å². The molecule has 31 heavy (non-hydrogen) atoms. The lowest BCUT2D eigenvalue weighted by Gasteiger charge is -2.21. The van der Waals surface area contributed by atoms with Crippen LogP contribution in [0.25, 0.3) is 17.2 Å². The molecule has 0 bridgehead atoms. The lowest BCUT2D eigenvalue weighted by atomic mass is 10.1. The van der Waals surface area contributed by atoms with Crippen molar-refractivity contribution in [1.82, 2.24) is 24.7 Å². The van der Waals surface area contributed by atoms with Crippen LogP contribution in [0.1, 0.15) is 32.9 Å². The second-order valence-electron chi connectivity index (χ2n) is 7.61. The molecule has 0 spiro atoms. The van der Waals surface area contributed by atoms with Gasteiger partial charge in [-0.05, 0) is 24.6 Å². The molecule has 1 aliphatic heterocycles. The quantitative estimate of drug-likeness (QED) is 0.464. The minimum absolute atomic E-state index is 0.376. The predicted octanol–water partition coefficient (Wildman–Crippen LogP) is 2.46. The van der Waals surface area contributed by atoms with Crippen LogP contribution < -0.4 is 16.4 Å². The van der Waals surface area contributed by atoms with E-state index in [1.54, 1.807) is 12.1 Å². The third-order valence-corrected chi connectivity index (χ3v) is 5.54. The van der Waals surface area contributed by atoms with Gasteiger partial charge in [0.2, 0.25) is 0 Å². The number of anilines is 1. The smallest absolute Gasteiger partial charge is 0.252 e. The maximum absolute atomic E-state index is 11.9. The molecule has 3 aromatic heterocycles. The van der Waals surface area contributed by atoms with Gasteiger partial charge in [-0.1, -0.05) is 30.3 Å². The number of pyridine rings is 1. The van der Waals surface area contributed by atoms with E-state index in [1.165, 1.54) is 5.56 Å². The number of benzene rings is 1. The zero-order valence-electron chi connectivity index (χ0n) is 17.2. The second kappa shape index (κ2) is 7.81. The molecule has 8 heteroatoms. The number of primary amides is 1. The van der Waals surface area contributed by atoms with Gasteiger partial charge in [0.05, 0.1) is 17.0 Å². The van der Waals surface area contributed by atoms with Crippen molar-refractivity contribution in [3.8, 4) is 11.5 Å². The first-order valence-corrected chi connectivity index (χ1v) is 10.3. The molecule has 4 N–H and O–H groups in total. The molecule has 1 aromatic carbocycles. The number of nitrogens with two attached hydrogens (primary N) is 1. The summed E-state index contributed by atoms with van der Waals surface area (Å²) in [6, 6.07) is 13.7. The highest BCUT2D eigenvalue weighted by molar-refractivity contribution is 5.99. The molecule has 0 saturated heterocycles. The number of nitrogens with zero attached hydrogens (tertiary/aromatic N) is 4. The average Bonchev–Trinajstić information content (AvgIpc) is 3.13. The fraction of sp³-hybridized carbons (Fsp3) is 0.217. The number of aromatic nitrogens is 4. The second-order valence-corrected chi connectivity index (χ2v) is 7.61. The fourth-order valence-corrected chi connectivity index (χ4v) is 4.02. The van der Waals surface area contributed by atoms with Crippen molar-refractivity contribution in [3.05, 3.63) is 76.7 Å². The Kier molecular flexibility index (Phi) is 4.83. The molecule has 5 rings (SSSR count). The summed E-state index contributed by atoms with van der Waals surface area (Å²) in [5.74, 6) is 0.893. The van der Waals surface area contributed by atoms with Gasteiger partial charge in [0.1, 0.15) is 17.2 Å². The zero-order valence-corrected chi connectivity index (χ0v) is 17.2. The van der Waals surface area contributed by atoms with Gasteiger partial charge >= 0.3 is 0 Å². The van der Waals surface area contributed by atoms with Crippen LogP contribution in [0.4, 0.5) is 5.82 Å². The molecule has 1 aliphatic rings. The largest absolute Gasteiger partial charge is 0.366 e. The van der Waals surface area contributed by atoms with E-state index in [0.717, 1.165) is 48.0 Å². The van der Waals surface area contributed by atoms with E-state index in [0.29, 0.717) is 23.6 Å². The van der Waals surface area contributed by atoms with Crippen LogP contribution in [0.5, 0.6) is 0 Å². The summed E-state index contributed by atoms with van der Waals surface area (Å²) < 4.78 is 1.85. The molecule has 0 fully saturated rings. The molecular formula is C23H23N7O. The molecule has 156 valence electrons. The van der Waals surface area contributed by atoms with Crippen LogP contribution in [0.3, 0.4) is 0 Å². The van der Waals surface area contributed by atoms with Gasteiger partial charge in [0.25, 0.3) is 5.91 Å². The predicted molar refractivity (Wildman–Crippen MR) is 119 cm³/mol. The summed E-state index contributed by atoms with van der Waals surface area (Å²) in [6.07, 6.45) is 2.69. The van der Waals surface area contributed by atoms with E-state index in [9.17, 15) is 4.79 Å². The molecule has 1 amide bonds. The van der Waals surface area contributed by atoms with Gasteiger partial charge < -0.3 is 16.4 Å². The SMILES string of the molecule is Cc1nc2c(C(N)=O)cccn2c1-c1nc2c(c(NCc3ccccc3)n1)CNCC2. The third-order valence-electron chi connectivity index (χ3n) is 5.54. The number of carbonyl (C=O) groups excluding carboxylic acids is 1. The Balaban J connectivity index is 1.62. The molecule has 4 aromatic rings. The van der Waals surface area contributed by atoms with E-state index in [1.807, 2.05) is 35.7 Å². The lowest BCUT2D eigenvalue weighted by molar-refractivity contribution is 0.100. The fourth-order valence-electron chi connectivity index (χ4n) is 4.02. The molecule has 8 nitrogen and oxygen atoms in total. The number of carbonyl (C=O) groups is 1. The Hall–Kier alpha value is -3.78. The monoisotopic (exact) mass is 413 g/mol. The van der Waals surface area contributed by atoms with E-state index in [2.05, 4.69) is 27.8 Å². The average molecular weight is 413 g/mol. The minimum atomic E-state index is -0.509. The number of amides is 1. The topological polar surface area (TPSA) is 110 Å². The molecule has 0 saturated carbocycles. The van der Waals surface area contributed by atoms with Crippen LogP contribution in [0.2, 0.25) is 0 Å². The Morgan fingerprint density at radius 2 is 2.00 bits per heavy atom. The van der Waals surface area contributed by atoms with Crippen LogP contribution in [-0.4, -0.2) is 31.8 Å². The van der Waals surface area contributed by atoms with Crippen molar-refractivity contribution in [2.45, 2.75) is 26.4 Å². The molecule has 0 aliphatic carbocycles. The maximum Gasteiger partial charge on any atom is 0.252 e. The molecular weight excluding hydrogens is 390 g/mol. The molecule has 0 unspecified atom stereocenters. The molecule has 0 radical (unpaired) electrons. The Bertz CT molecular complexity index is 1280. The Labute approximate surface area is 179 Å². The van der Waals surface area contributed by atoms with E-state index in [4.69, 9.17) is 15.7 Å². The van der Waals surface area contributed by atoms with E-state index >= 15 is 0 Å². The Morgan fingerprint density at radius 1 is 1.16 bits per heavy atom. The number of aryl methyl sites for hydroxylation is 1. The highest BCUT2D eigenvalue weighted by Crippen LogP contribution is 2.28. The number of hydrogen-bond acceptors (Lipinski definition) is 6. The summed E-state index contributed by atoms with van der Waals surface area (Å²) in [6.45, 7) is 4.17. The maximum atomic E-state index is 11.9. The zero-order chi connectivity index (χ0) is 21.4. The van der Waals surface area contributed by atoms with Gasteiger partial charge in [-0.15, -0.1) is 0 Å². The van der Waals surface area contributed by atoms with Gasteiger partial charge in [-0.2, -0.15) is 0 Å².